The van der Waals surface area contributed by atoms with Crippen molar-refractivity contribution < 1.29 is 13.2 Å². The van der Waals surface area contributed by atoms with Crippen LogP contribution < -0.4 is 0 Å². The van der Waals surface area contributed by atoms with E-state index in [9.17, 15) is 13.2 Å². The van der Waals surface area contributed by atoms with Gasteiger partial charge in [0.15, 0.2) is 9.84 Å². The number of nitrogens with zero attached hydrogens (tertiary/aromatic N) is 1. The SMILES string of the molecule is CS(=O)(=O)C1CCN(C(=O)c2cccs2)C1. The standard InChI is InChI=1S/C10H13NO3S2/c1-16(13,14)8-4-5-11(7-8)10(12)9-3-2-6-15-9/h2-3,6,8H,4-5,7H2,1H3. The van der Waals surface area contributed by atoms with Gasteiger partial charge >= 0.3 is 0 Å². The second-order valence-corrected chi connectivity index (χ2v) is 7.24. The lowest BCUT2D eigenvalue weighted by atomic mass is 10.4. The van der Waals surface area contributed by atoms with Gasteiger partial charge in [-0.05, 0) is 17.9 Å². The molecule has 0 aromatic carbocycles. The van der Waals surface area contributed by atoms with Gasteiger partial charge in [-0.25, -0.2) is 8.42 Å². The number of rotatable bonds is 2. The molecule has 1 aromatic heterocycles. The molecular formula is C10H13NO3S2. The maximum Gasteiger partial charge on any atom is 0.263 e. The van der Waals surface area contributed by atoms with E-state index in [0.717, 1.165) is 0 Å². The summed E-state index contributed by atoms with van der Waals surface area (Å²) in [6.45, 7) is 0.865. The van der Waals surface area contributed by atoms with Crippen molar-refractivity contribution in [2.45, 2.75) is 11.7 Å². The lowest BCUT2D eigenvalue weighted by Crippen LogP contribution is -2.31. The lowest BCUT2D eigenvalue weighted by Gasteiger charge is -2.14. The normalized spacial score (nSPS) is 21.3. The van der Waals surface area contributed by atoms with Crippen molar-refractivity contribution >= 4 is 27.1 Å². The van der Waals surface area contributed by atoms with E-state index in [1.165, 1.54) is 17.6 Å². The monoisotopic (exact) mass is 259 g/mol. The van der Waals surface area contributed by atoms with E-state index in [1.807, 2.05) is 11.4 Å². The Morgan fingerprint density at radius 1 is 1.56 bits per heavy atom. The third-order valence-corrected chi connectivity index (χ3v) is 5.22. The Morgan fingerprint density at radius 2 is 2.31 bits per heavy atom. The molecule has 88 valence electrons. The van der Waals surface area contributed by atoms with Crippen molar-refractivity contribution in [2.24, 2.45) is 0 Å². The van der Waals surface area contributed by atoms with Crippen LogP contribution in [-0.4, -0.2) is 43.8 Å². The molecule has 16 heavy (non-hydrogen) atoms. The minimum atomic E-state index is -3.03. The molecule has 1 unspecified atom stereocenters. The summed E-state index contributed by atoms with van der Waals surface area (Å²) in [7, 11) is -3.03. The van der Waals surface area contributed by atoms with Gasteiger partial charge in [0.25, 0.3) is 5.91 Å². The molecule has 1 atom stereocenters. The molecule has 1 aliphatic rings. The molecule has 2 heterocycles. The average molecular weight is 259 g/mol. The molecule has 1 fully saturated rings. The zero-order chi connectivity index (χ0) is 11.8. The summed E-state index contributed by atoms with van der Waals surface area (Å²) in [4.78, 5) is 14.2. The van der Waals surface area contributed by atoms with Crippen LogP contribution in [0.5, 0.6) is 0 Å². The minimum absolute atomic E-state index is 0.0545. The van der Waals surface area contributed by atoms with Gasteiger partial charge in [-0.2, -0.15) is 0 Å². The van der Waals surface area contributed by atoms with Gasteiger partial charge in [-0.15, -0.1) is 11.3 Å². The third kappa shape index (κ3) is 2.27. The molecule has 0 saturated carbocycles. The second-order valence-electron chi connectivity index (χ2n) is 3.97. The van der Waals surface area contributed by atoms with Crippen LogP contribution in [0.4, 0.5) is 0 Å². The van der Waals surface area contributed by atoms with E-state index >= 15 is 0 Å². The van der Waals surface area contributed by atoms with Gasteiger partial charge in [0.2, 0.25) is 0 Å². The zero-order valence-corrected chi connectivity index (χ0v) is 10.6. The molecule has 0 aliphatic carbocycles. The van der Waals surface area contributed by atoms with Crippen molar-refractivity contribution in [3.8, 4) is 0 Å². The first-order chi connectivity index (χ1) is 7.48. The zero-order valence-electron chi connectivity index (χ0n) is 8.92. The molecule has 1 saturated heterocycles. The summed E-state index contributed by atoms with van der Waals surface area (Å²) < 4.78 is 22.7. The van der Waals surface area contributed by atoms with Crippen molar-refractivity contribution in [3.63, 3.8) is 0 Å². The smallest absolute Gasteiger partial charge is 0.263 e. The molecule has 1 amide bonds. The fraction of sp³-hybridized carbons (Fsp3) is 0.500. The first-order valence-electron chi connectivity index (χ1n) is 5.00. The molecular weight excluding hydrogens is 246 g/mol. The Morgan fingerprint density at radius 3 is 2.81 bits per heavy atom. The molecule has 0 radical (unpaired) electrons. The van der Waals surface area contributed by atoms with E-state index in [4.69, 9.17) is 0 Å². The number of hydrogen-bond donors (Lipinski definition) is 0. The Labute approximate surface area is 98.8 Å². The van der Waals surface area contributed by atoms with Crippen LogP contribution >= 0.6 is 11.3 Å². The van der Waals surface area contributed by atoms with Gasteiger partial charge < -0.3 is 4.90 Å². The van der Waals surface area contributed by atoms with Gasteiger partial charge in [-0.1, -0.05) is 6.07 Å². The van der Waals surface area contributed by atoms with E-state index in [0.29, 0.717) is 24.4 Å². The topological polar surface area (TPSA) is 54.5 Å². The maximum atomic E-state index is 11.9. The average Bonchev–Trinajstić information content (AvgIpc) is 2.87. The molecule has 1 aromatic rings. The van der Waals surface area contributed by atoms with Gasteiger partial charge in [0, 0.05) is 19.3 Å². The predicted octanol–water partition coefficient (Wildman–Crippen LogP) is 1.01. The molecule has 2 rings (SSSR count). The van der Waals surface area contributed by atoms with Crippen LogP contribution in [0, 0.1) is 0 Å². The highest BCUT2D eigenvalue weighted by molar-refractivity contribution is 7.91. The number of sulfone groups is 1. The molecule has 0 N–H and O–H groups in total. The van der Waals surface area contributed by atoms with Gasteiger partial charge in [-0.3, -0.25) is 4.79 Å². The van der Waals surface area contributed by atoms with Crippen molar-refractivity contribution in [2.75, 3.05) is 19.3 Å². The van der Waals surface area contributed by atoms with Gasteiger partial charge in [0.05, 0.1) is 10.1 Å². The number of amides is 1. The quantitative estimate of drug-likeness (QED) is 0.796. The van der Waals surface area contributed by atoms with Crippen molar-refractivity contribution in [3.05, 3.63) is 22.4 Å². The Kier molecular flexibility index (Phi) is 3.03. The summed E-state index contributed by atoms with van der Waals surface area (Å²) >= 11 is 1.39. The van der Waals surface area contributed by atoms with E-state index in [2.05, 4.69) is 0 Å². The molecule has 1 aliphatic heterocycles. The number of carbonyl (C=O) groups is 1. The predicted molar refractivity (Wildman–Crippen MR) is 63.5 cm³/mol. The number of carbonyl (C=O) groups excluding carboxylic acids is 1. The summed E-state index contributed by atoms with van der Waals surface area (Å²) in [6.07, 6.45) is 1.78. The van der Waals surface area contributed by atoms with Crippen LogP contribution in [-0.2, 0) is 9.84 Å². The number of thiophene rings is 1. The first kappa shape index (κ1) is 11.6. The highest BCUT2D eigenvalue weighted by atomic mass is 32.2. The van der Waals surface area contributed by atoms with Crippen LogP contribution in [0.25, 0.3) is 0 Å². The molecule has 6 heteroatoms. The van der Waals surface area contributed by atoms with Gasteiger partial charge in [0.1, 0.15) is 0 Å². The van der Waals surface area contributed by atoms with E-state index < -0.39 is 15.1 Å². The summed E-state index contributed by atoms with van der Waals surface area (Å²) in [5, 5.41) is 1.45. The van der Waals surface area contributed by atoms with Crippen molar-refractivity contribution in [1.82, 2.24) is 4.90 Å². The Bertz CT molecular complexity index is 478. The summed E-state index contributed by atoms with van der Waals surface area (Å²) in [6, 6.07) is 3.59. The fourth-order valence-corrected chi connectivity index (χ4v) is 3.49. The van der Waals surface area contributed by atoms with Crippen LogP contribution in [0.15, 0.2) is 17.5 Å². The van der Waals surface area contributed by atoms with E-state index in [-0.39, 0.29) is 5.91 Å². The molecule has 0 spiro atoms. The Hall–Kier alpha value is -0.880. The first-order valence-corrected chi connectivity index (χ1v) is 7.83. The Balaban J connectivity index is 2.08. The highest BCUT2D eigenvalue weighted by Gasteiger charge is 2.33. The number of hydrogen-bond acceptors (Lipinski definition) is 4. The summed E-state index contributed by atoms with van der Waals surface area (Å²) in [5.74, 6) is -0.0545. The minimum Gasteiger partial charge on any atom is -0.337 e. The maximum absolute atomic E-state index is 11.9. The number of likely N-dealkylation sites (tertiary alicyclic amines) is 1. The third-order valence-electron chi connectivity index (χ3n) is 2.77. The van der Waals surface area contributed by atoms with Crippen LogP contribution in [0.2, 0.25) is 0 Å². The van der Waals surface area contributed by atoms with Crippen molar-refractivity contribution in [1.29, 1.82) is 0 Å². The highest BCUT2D eigenvalue weighted by Crippen LogP contribution is 2.20. The summed E-state index contributed by atoms with van der Waals surface area (Å²) in [5.41, 5.74) is 0. The van der Waals surface area contributed by atoms with E-state index in [1.54, 1.807) is 11.0 Å². The van der Waals surface area contributed by atoms with Crippen LogP contribution in [0.3, 0.4) is 0 Å². The molecule has 4 nitrogen and oxygen atoms in total. The largest absolute Gasteiger partial charge is 0.337 e. The second kappa shape index (κ2) is 4.18. The molecule has 0 bridgehead atoms. The fourth-order valence-electron chi connectivity index (χ4n) is 1.82. The lowest BCUT2D eigenvalue weighted by molar-refractivity contribution is 0.0798. The van der Waals surface area contributed by atoms with Crippen LogP contribution in [0.1, 0.15) is 16.1 Å².